The van der Waals surface area contributed by atoms with Gasteiger partial charge in [0.05, 0.1) is 16.2 Å². The van der Waals surface area contributed by atoms with Crippen LogP contribution in [0.4, 0.5) is 0 Å². The number of hydrogen-bond donors (Lipinski definition) is 2. The van der Waals surface area contributed by atoms with Gasteiger partial charge in [-0.25, -0.2) is 9.97 Å². The third kappa shape index (κ3) is 3.56. The molecule has 0 aliphatic carbocycles. The van der Waals surface area contributed by atoms with Crippen molar-refractivity contribution in [2.75, 3.05) is 0 Å². The highest BCUT2D eigenvalue weighted by molar-refractivity contribution is 7.99. The van der Waals surface area contributed by atoms with Crippen molar-refractivity contribution in [3.8, 4) is 0 Å². The molecule has 0 unspecified atom stereocenters. The highest BCUT2D eigenvalue weighted by atomic mass is 32.2. The number of thioether (sulfide) groups is 1. The molecule has 2 aromatic heterocycles. The van der Waals surface area contributed by atoms with E-state index in [9.17, 15) is 9.59 Å². The van der Waals surface area contributed by atoms with E-state index in [1.54, 1.807) is 6.07 Å². The molecule has 3 aromatic rings. The van der Waals surface area contributed by atoms with Crippen molar-refractivity contribution in [3.63, 3.8) is 0 Å². The molecule has 7 heteroatoms. The van der Waals surface area contributed by atoms with Crippen molar-refractivity contribution in [2.24, 2.45) is 0 Å². The van der Waals surface area contributed by atoms with Gasteiger partial charge in [-0.2, -0.15) is 0 Å². The molecule has 0 saturated heterocycles. The molecule has 0 aliphatic rings. The Balaban J connectivity index is 1.91. The highest BCUT2D eigenvalue weighted by Gasteiger charge is 2.14. The lowest BCUT2D eigenvalue weighted by atomic mass is 10.2. The second-order valence-corrected chi connectivity index (χ2v) is 6.85. The molecular weight excluding hydrogens is 324 g/mol. The number of benzene rings is 1. The maximum Gasteiger partial charge on any atom is 0.258 e. The number of aryl methyl sites for hydroxylation is 1. The first kappa shape index (κ1) is 16.4. The van der Waals surface area contributed by atoms with Crippen molar-refractivity contribution >= 4 is 22.7 Å². The Morgan fingerprint density at radius 1 is 1.17 bits per heavy atom. The first-order valence-corrected chi connectivity index (χ1v) is 8.70. The normalized spacial score (nSPS) is 12.4. The number of H-pyrrole nitrogens is 2. The molecule has 124 valence electrons. The van der Waals surface area contributed by atoms with Crippen LogP contribution in [0, 0.1) is 0 Å². The number of rotatable bonds is 5. The largest absolute Gasteiger partial charge is 0.309 e. The molecule has 1 aromatic carbocycles. The van der Waals surface area contributed by atoms with E-state index in [2.05, 4.69) is 19.9 Å². The maximum absolute atomic E-state index is 12.2. The fourth-order valence-corrected chi connectivity index (χ4v) is 3.33. The van der Waals surface area contributed by atoms with Gasteiger partial charge in [0.2, 0.25) is 0 Å². The Morgan fingerprint density at radius 3 is 2.75 bits per heavy atom. The molecule has 0 saturated carbocycles. The lowest BCUT2D eigenvalue weighted by Gasteiger charge is -2.11. The minimum Gasteiger partial charge on any atom is -0.309 e. The molecule has 0 fully saturated rings. The van der Waals surface area contributed by atoms with Gasteiger partial charge in [-0.1, -0.05) is 37.2 Å². The Labute approximate surface area is 142 Å². The summed E-state index contributed by atoms with van der Waals surface area (Å²) in [7, 11) is 0. The first-order chi connectivity index (χ1) is 11.6. The topological polar surface area (TPSA) is 91.5 Å². The van der Waals surface area contributed by atoms with Gasteiger partial charge in [-0.3, -0.25) is 9.59 Å². The standard InChI is InChI=1S/C17H18N4O2S/c1-3-6-11-9-14(22)20-17(18-11)24-10(2)15-19-13-8-5-4-7-12(13)16(23)21-15/h4-5,7-10H,3,6H2,1-2H3,(H,18,20,22)(H,19,21,23)/t10-/m1/s1. The molecule has 0 amide bonds. The van der Waals surface area contributed by atoms with Crippen molar-refractivity contribution in [1.29, 1.82) is 0 Å². The maximum atomic E-state index is 12.2. The summed E-state index contributed by atoms with van der Waals surface area (Å²) in [5.74, 6) is 0.562. The molecule has 0 aliphatic heterocycles. The Kier molecular flexibility index (Phi) is 4.80. The summed E-state index contributed by atoms with van der Waals surface area (Å²) in [6, 6.07) is 8.74. The van der Waals surface area contributed by atoms with Crippen LogP contribution in [-0.2, 0) is 6.42 Å². The van der Waals surface area contributed by atoms with Crippen LogP contribution in [0.2, 0.25) is 0 Å². The molecule has 2 N–H and O–H groups in total. The van der Waals surface area contributed by atoms with E-state index in [0.29, 0.717) is 21.9 Å². The van der Waals surface area contributed by atoms with Crippen LogP contribution >= 0.6 is 11.8 Å². The van der Waals surface area contributed by atoms with E-state index in [1.807, 2.05) is 32.0 Å². The molecule has 24 heavy (non-hydrogen) atoms. The number of nitrogens with zero attached hydrogens (tertiary/aromatic N) is 2. The zero-order chi connectivity index (χ0) is 17.1. The Bertz CT molecular complexity index is 980. The number of hydrogen-bond acceptors (Lipinski definition) is 5. The van der Waals surface area contributed by atoms with Gasteiger partial charge in [0.25, 0.3) is 11.1 Å². The summed E-state index contributed by atoms with van der Waals surface area (Å²) in [6.45, 7) is 3.96. The summed E-state index contributed by atoms with van der Waals surface area (Å²) < 4.78 is 0. The molecule has 6 nitrogen and oxygen atoms in total. The first-order valence-electron chi connectivity index (χ1n) is 7.82. The zero-order valence-corrected chi connectivity index (χ0v) is 14.3. The smallest absolute Gasteiger partial charge is 0.258 e. The van der Waals surface area contributed by atoms with Crippen LogP contribution in [0.1, 0.15) is 37.0 Å². The van der Waals surface area contributed by atoms with Crippen LogP contribution in [-0.4, -0.2) is 19.9 Å². The van der Waals surface area contributed by atoms with Crippen molar-refractivity contribution in [2.45, 2.75) is 37.1 Å². The van der Waals surface area contributed by atoms with E-state index in [0.717, 1.165) is 18.5 Å². The van der Waals surface area contributed by atoms with Crippen LogP contribution in [0.15, 0.2) is 45.1 Å². The number of para-hydroxylation sites is 1. The van der Waals surface area contributed by atoms with Gasteiger partial charge in [-0.05, 0) is 25.5 Å². The van der Waals surface area contributed by atoms with Crippen molar-refractivity contribution in [3.05, 3.63) is 62.6 Å². The SMILES string of the molecule is CCCc1cc(=O)[nH]c(S[C@H](C)c2nc3ccccc3c(=O)[nH]2)n1. The number of aromatic amines is 2. The lowest BCUT2D eigenvalue weighted by molar-refractivity contribution is 0.810. The van der Waals surface area contributed by atoms with Crippen molar-refractivity contribution in [1.82, 2.24) is 19.9 Å². The number of nitrogens with one attached hydrogen (secondary N) is 2. The molecule has 0 radical (unpaired) electrons. The predicted octanol–water partition coefficient (Wildman–Crippen LogP) is 2.81. The molecule has 0 spiro atoms. The van der Waals surface area contributed by atoms with Gasteiger partial charge < -0.3 is 9.97 Å². The third-order valence-electron chi connectivity index (χ3n) is 3.58. The van der Waals surface area contributed by atoms with Gasteiger partial charge in [-0.15, -0.1) is 0 Å². The van der Waals surface area contributed by atoms with E-state index in [4.69, 9.17) is 0 Å². The summed E-state index contributed by atoms with van der Waals surface area (Å²) in [4.78, 5) is 38.5. The molecular formula is C17H18N4O2S. The number of fused-ring (bicyclic) bond motifs is 1. The van der Waals surface area contributed by atoms with E-state index in [-0.39, 0.29) is 16.4 Å². The fraction of sp³-hybridized carbons (Fsp3) is 0.294. The Hall–Kier alpha value is -2.41. The molecule has 0 bridgehead atoms. The quantitative estimate of drug-likeness (QED) is 0.549. The zero-order valence-electron chi connectivity index (χ0n) is 13.5. The lowest BCUT2D eigenvalue weighted by Crippen LogP contribution is -2.14. The van der Waals surface area contributed by atoms with Gasteiger partial charge in [0.1, 0.15) is 5.82 Å². The van der Waals surface area contributed by atoms with Gasteiger partial charge in [0, 0.05) is 11.8 Å². The monoisotopic (exact) mass is 342 g/mol. The Morgan fingerprint density at radius 2 is 1.96 bits per heavy atom. The average Bonchev–Trinajstić information content (AvgIpc) is 2.54. The van der Waals surface area contributed by atoms with E-state index < -0.39 is 0 Å². The molecule has 3 rings (SSSR count). The summed E-state index contributed by atoms with van der Waals surface area (Å²) in [6.07, 6.45) is 1.69. The van der Waals surface area contributed by atoms with Gasteiger partial charge >= 0.3 is 0 Å². The van der Waals surface area contributed by atoms with Crippen LogP contribution in [0.3, 0.4) is 0 Å². The van der Waals surface area contributed by atoms with E-state index in [1.165, 1.54) is 17.8 Å². The second kappa shape index (κ2) is 7.00. The highest BCUT2D eigenvalue weighted by Crippen LogP contribution is 2.30. The summed E-state index contributed by atoms with van der Waals surface area (Å²) >= 11 is 1.37. The summed E-state index contributed by atoms with van der Waals surface area (Å²) in [5, 5.41) is 0.950. The van der Waals surface area contributed by atoms with Crippen LogP contribution < -0.4 is 11.1 Å². The average molecular weight is 342 g/mol. The predicted molar refractivity (Wildman–Crippen MR) is 95.5 cm³/mol. The minimum atomic E-state index is -0.164. The minimum absolute atomic E-state index is 0.151. The number of aromatic nitrogens is 4. The molecule has 1 atom stereocenters. The second-order valence-electron chi connectivity index (χ2n) is 5.52. The van der Waals surface area contributed by atoms with Crippen LogP contribution in [0.25, 0.3) is 10.9 Å². The van der Waals surface area contributed by atoms with Crippen LogP contribution in [0.5, 0.6) is 0 Å². The van der Waals surface area contributed by atoms with E-state index >= 15 is 0 Å². The summed E-state index contributed by atoms with van der Waals surface area (Å²) in [5.41, 5.74) is 1.10. The van der Waals surface area contributed by atoms with Gasteiger partial charge in [0.15, 0.2) is 5.16 Å². The van der Waals surface area contributed by atoms with Crippen molar-refractivity contribution < 1.29 is 0 Å². The fourth-order valence-electron chi connectivity index (χ4n) is 2.44. The third-order valence-corrected chi connectivity index (χ3v) is 4.58. The molecule has 2 heterocycles.